The molecular formula is C19H20FNO5. The average molecular weight is 361 g/mol. The third-order valence-corrected chi connectivity index (χ3v) is 3.91. The molecule has 0 aliphatic carbocycles. The Morgan fingerprint density at radius 1 is 1.19 bits per heavy atom. The standard InChI is InChI=1S/C19H20FNO5/c1-11(12-5-4-6-14(20)8-12)7-17(22)21-15-9-13(19(23)24)10-16(25-2)18(15)26-3/h4-6,8-11H,7H2,1-3H3,(H,21,22)(H,23,24). The van der Waals surface area contributed by atoms with Crippen LogP contribution in [0.5, 0.6) is 11.5 Å². The van der Waals surface area contributed by atoms with E-state index in [1.54, 1.807) is 19.1 Å². The number of benzene rings is 2. The molecule has 0 aromatic heterocycles. The van der Waals surface area contributed by atoms with E-state index in [0.29, 0.717) is 5.56 Å². The van der Waals surface area contributed by atoms with Gasteiger partial charge in [-0.05, 0) is 35.7 Å². The molecule has 1 amide bonds. The predicted octanol–water partition coefficient (Wildman–Crippen LogP) is 3.67. The van der Waals surface area contributed by atoms with Crippen molar-refractivity contribution in [3.8, 4) is 11.5 Å². The minimum Gasteiger partial charge on any atom is -0.493 e. The molecule has 1 unspecified atom stereocenters. The fourth-order valence-corrected chi connectivity index (χ4v) is 2.59. The second-order valence-corrected chi connectivity index (χ2v) is 5.77. The topological polar surface area (TPSA) is 84.9 Å². The molecule has 26 heavy (non-hydrogen) atoms. The monoisotopic (exact) mass is 361 g/mol. The molecule has 2 aromatic rings. The first-order valence-electron chi connectivity index (χ1n) is 7.90. The van der Waals surface area contributed by atoms with Crippen molar-refractivity contribution in [3.05, 3.63) is 53.3 Å². The number of carbonyl (C=O) groups excluding carboxylic acids is 1. The zero-order valence-electron chi connectivity index (χ0n) is 14.7. The van der Waals surface area contributed by atoms with Gasteiger partial charge in [0.2, 0.25) is 5.91 Å². The van der Waals surface area contributed by atoms with E-state index in [1.807, 2.05) is 0 Å². The van der Waals surface area contributed by atoms with E-state index in [-0.39, 0.29) is 46.8 Å². The van der Waals surface area contributed by atoms with E-state index in [4.69, 9.17) is 9.47 Å². The van der Waals surface area contributed by atoms with Crippen LogP contribution in [0.4, 0.5) is 10.1 Å². The highest BCUT2D eigenvalue weighted by Gasteiger charge is 2.19. The summed E-state index contributed by atoms with van der Waals surface area (Å²) in [5.41, 5.74) is 0.848. The van der Waals surface area contributed by atoms with Crippen LogP contribution >= 0.6 is 0 Å². The first-order valence-corrected chi connectivity index (χ1v) is 7.90. The van der Waals surface area contributed by atoms with Crippen molar-refractivity contribution in [1.82, 2.24) is 0 Å². The van der Waals surface area contributed by atoms with Crippen molar-refractivity contribution >= 4 is 17.6 Å². The molecular weight excluding hydrogens is 341 g/mol. The van der Waals surface area contributed by atoms with Crippen molar-refractivity contribution in [1.29, 1.82) is 0 Å². The Labute approximate surface area is 150 Å². The summed E-state index contributed by atoms with van der Waals surface area (Å²) >= 11 is 0. The summed E-state index contributed by atoms with van der Waals surface area (Å²) in [6.45, 7) is 1.81. The number of nitrogens with one attached hydrogen (secondary N) is 1. The highest BCUT2D eigenvalue weighted by Crippen LogP contribution is 2.37. The van der Waals surface area contributed by atoms with Gasteiger partial charge in [0.25, 0.3) is 0 Å². The number of carboxylic acids is 1. The van der Waals surface area contributed by atoms with E-state index in [2.05, 4.69) is 5.32 Å². The minimum absolute atomic E-state index is 0.0453. The predicted molar refractivity (Wildman–Crippen MR) is 94.6 cm³/mol. The molecule has 0 spiro atoms. The molecule has 2 aromatic carbocycles. The van der Waals surface area contributed by atoms with Gasteiger partial charge in [-0.15, -0.1) is 0 Å². The summed E-state index contributed by atoms with van der Waals surface area (Å²) in [5.74, 6) is -1.68. The average Bonchev–Trinajstić information content (AvgIpc) is 2.60. The van der Waals surface area contributed by atoms with Crippen LogP contribution in [0.2, 0.25) is 0 Å². The van der Waals surface area contributed by atoms with Crippen LogP contribution in [-0.2, 0) is 4.79 Å². The van der Waals surface area contributed by atoms with Gasteiger partial charge in [0.05, 0.1) is 25.5 Å². The Balaban J connectivity index is 2.22. The van der Waals surface area contributed by atoms with Crippen molar-refractivity contribution in [2.75, 3.05) is 19.5 Å². The third-order valence-electron chi connectivity index (χ3n) is 3.91. The highest BCUT2D eigenvalue weighted by atomic mass is 19.1. The van der Waals surface area contributed by atoms with Crippen LogP contribution < -0.4 is 14.8 Å². The molecule has 0 heterocycles. The molecule has 0 saturated heterocycles. The van der Waals surface area contributed by atoms with Gasteiger partial charge >= 0.3 is 5.97 Å². The minimum atomic E-state index is -1.16. The summed E-state index contributed by atoms with van der Waals surface area (Å²) in [6, 6.07) is 8.66. The lowest BCUT2D eigenvalue weighted by Crippen LogP contribution is -2.16. The molecule has 0 aliphatic rings. The maximum absolute atomic E-state index is 13.3. The van der Waals surface area contributed by atoms with Gasteiger partial charge in [-0.1, -0.05) is 19.1 Å². The number of methoxy groups -OCH3 is 2. The number of carboxylic acid groups (broad SMARTS) is 1. The first kappa shape index (κ1) is 19.2. The Hall–Kier alpha value is -3.09. The molecule has 0 saturated carbocycles. The van der Waals surface area contributed by atoms with Crippen LogP contribution in [0.15, 0.2) is 36.4 Å². The van der Waals surface area contributed by atoms with E-state index >= 15 is 0 Å². The third kappa shape index (κ3) is 4.50. The zero-order valence-corrected chi connectivity index (χ0v) is 14.7. The molecule has 2 rings (SSSR count). The Morgan fingerprint density at radius 3 is 2.50 bits per heavy atom. The van der Waals surface area contributed by atoms with E-state index in [9.17, 15) is 19.1 Å². The summed E-state index contributed by atoms with van der Waals surface area (Å²) in [4.78, 5) is 23.6. The number of rotatable bonds is 7. The summed E-state index contributed by atoms with van der Waals surface area (Å²) in [7, 11) is 2.77. The van der Waals surface area contributed by atoms with Gasteiger partial charge in [0, 0.05) is 6.42 Å². The fraction of sp³-hybridized carbons (Fsp3) is 0.263. The van der Waals surface area contributed by atoms with Gasteiger partial charge in [-0.3, -0.25) is 4.79 Å². The van der Waals surface area contributed by atoms with Gasteiger partial charge < -0.3 is 19.9 Å². The summed E-state index contributed by atoms with van der Waals surface area (Å²) < 4.78 is 23.7. The molecule has 2 N–H and O–H groups in total. The number of anilines is 1. The lowest BCUT2D eigenvalue weighted by molar-refractivity contribution is -0.116. The van der Waals surface area contributed by atoms with E-state index in [1.165, 1.54) is 38.5 Å². The molecule has 0 radical (unpaired) electrons. The number of aromatic carboxylic acids is 1. The Morgan fingerprint density at radius 2 is 1.92 bits per heavy atom. The smallest absolute Gasteiger partial charge is 0.335 e. The maximum Gasteiger partial charge on any atom is 0.335 e. The van der Waals surface area contributed by atoms with Gasteiger partial charge in [-0.2, -0.15) is 0 Å². The Bertz CT molecular complexity index is 822. The Kier molecular flexibility index (Phi) is 6.16. The van der Waals surface area contributed by atoms with Gasteiger partial charge in [-0.25, -0.2) is 9.18 Å². The number of carbonyl (C=O) groups is 2. The maximum atomic E-state index is 13.3. The van der Waals surface area contributed by atoms with Crippen LogP contribution in [0, 0.1) is 5.82 Å². The van der Waals surface area contributed by atoms with Crippen molar-refractivity contribution in [3.63, 3.8) is 0 Å². The van der Waals surface area contributed by atoms with Crippen molar-refractivity contribution in [2.45, 2.75) is 19.3 Å². The molecule has 6 nitrogen and oxygen atoms in total. The van der Waals surface area contributed by atoms with Gasteiger partial charge in [0.15, 0.2) is 11.5 Å². The fourth-order valence-electron chi connectivity index (χ4n) is 2.59. The normalized spacial score (nSPS) is 11.5. The largest absolute Gasteiger partial charge is 0.493 e. The van der Waals surface area contributed by atoms with E-state index < -0.39 is 5.97 Å². The highest BCUT2D eigenvalue weighted by molar-refractivity contribution is 5.97. The number of amides is 1. The second-order valence-electron chi connectivity index (χ2n) is 5.77. The van der Waals surface area contributed by atoms with Gasteiger partial charge in [0.1, 0.15) is 5.82 Å². The quantitative estimate of drug-likeness (QED) is 0.786. The molecule has 138 valence electrons. The molecule has 0 bridgehead atoms. The molecule has 1 atom stereocenters. The second kappa shape index (κ2) is 8.33. The van der Waals surface area contributed by atoms with Crippen molar-refractivity contribution in [2.24, 2.45) is 0 Å². The molecule has 7 heteroatoms. The zero-order chi connectivity index (χ0) is 19.3. The molecule has 0 aliphatic heterocycles. The number of hydrogen-bond acceptors (Lipinski definition) is 4. The first-order chi connectivity index (χ1) is 12.3. The lowest BCUT2D eigenvalue weighted by Gasteiger charge is -2.16. The SMILES string of the molecule is COc1cc(C(=O)O)cc(NC(=O)CC(C)c2cccc(F)c2)c1OC. The number of halogens is 1. The van der Waals surface area contributed by atoms with E-state index in [0.717, 1.165) is 0 Å². The summed E-state index contributed by atoms with van der Waals surface area (Å²) in [5, 5.41) is 11.8. The van der Waals surface area contributed by atoms with Crippen LogP contribution in [0.1, 0.15) is 35.2 Å². The van der Waals surface area contributed by atoms with Crippen LogP contribution in [0.25, 0.3) is 0 Å². The number of ether oxygens (including phenoxy) is 2. The van der Waals surface area contributed by atoms with Crippen molar-refractivity contribution < 1.29 is 28.6 Å². The summed E-state index contributed by atoms with van der Waals surface area (Å²) in [6.07, 6.45) is 0.0895. The van der Waals surface area contributed by atoms with Crippen LogP contribution in [0.3, 0.4) is 0 Å². The molecule has 0 fully saturated rings. The van der Waals surface area contributed by atoms with Crippen LogP contribution in [-0.4, -0.2) is 31.2 Å². The lowest BCUT2D eigenvalue weighted by atomic mass is 9.97. The number of hydrogen-bond donors (Lipinski definition) is 2.